The highest BCUT2D eigenvalue weighted by Crippen LogP contribution is 2.30. The normalized spacial score (nSPS) is 14.1. The van der Waals surface area contributed by atoms with Crippen molar-refractivity contribution in [2.75, 3.05) is 32.8 Å². The van der Waals surface area contributed by atoms with Gasteiger partial charge in [-0.2, -0.15) is 0 Å². The third kappa shape index (κ3) is 6.66. The van der Waals surface area contributed by atoms with E-state index in [1.807, 2.05) is 0 Å². The number of halogens is 2. The number of piperazine rings is 1. The van der Waals surface area contributed by atoms with Gasteiger partial charge in [-0.15, -0.1) is 0 Å². The van der Waals surface area contributed by atoms with Crippen molar-refractivity contribution in [3.63, 3.8) is 0 Å². The summed E-state index contributed by atoms with van der Waals surface area (Å²) in [5.74, 6) is -1.05. The Morgan fingerprint density at radius 1 is 0.806 bits per heavy atom. The van der Waals surface area contributed by atoms with Gasteiger partial charge in [-0.1, -0.05) is 36.4 Å². The number of ether oxygens (including phenoxy) is 1. The number of carbonyl (C=O) groups is 2. The van der Waals surface area contributed by atoms with Gasteiger partial charge in [0.2, 0.25) is 0 Å². The molecule has 3 aromatic carbocycles. The fourth-order valence-electron chi connectivity index (χ4n) is 4.37. The van der Waals surface area contributed by atoms with E-state index in [9.17, 15) is 18.4 Å². The number of amides is 1. The van der Waals surface area contributed by atoms with Crippen molar-refractivity contribution in [1.29, 1.82) is 0 Å². The molecule has 1 heterocycles. The molecule has 1 aliphatic heterocycles. The summed E-state index contributed by atoms with van der Waals surface area (Å²) in [7, 11) is 0. The summed E-state index contributed by atoms with van der Waals surface area (Å²) in [6.07, 6.45) is 0.503. The zero-order valence-electron chi connectivity index (χ0n) is 19.8. The van der Waals surface area contributed by atoms with Crippen molar-refractivity contribution >= 4 is 11.9 Å². The molecule has 1 fully saturated rings. The van der Waals surface area contributed by atoms with E-state index in [2.05, 4.69) is 4.90 Å². The molecule has 4 rings (SSSR count). The van der Waals surface area contributed by atoms with Crippen LogP contribution in [0.25, 0.3) is 0 Å². The van der Waals surface area contributed by atoms with Crippen molar-refractivity contribution in [3.05, 3.63) is 101 Å². The summed E-state index contributed by atoms with van der Waals surface area (Å²) in [6.45, 7) is 2.13. The third-order valence-electron chi connectivity index (χ3n) is 6.32. The molecule has 36 heavy (non-hydrogen) atoms. The van der Waals surface area contributed by atoms with E-state index in [0.717, 1.165) is 16.7 Å². The van der Waals surface area contributed by atoms with Crippen molar-refractivity contribution in [2.45, 2.75) is 18.9 Å². The van der Waals surface area contributed by atoms with Gasteiger partial charge in [-0.25, -0.2) is 8.78 Å². The molecule has 3 aromatic rings. The predicted molar refractivity (Wildman–Crippen MR) is 131 cm³/mol. The summed E-state index contributed by atoms with van der Waals surface area (Å²) in [6, 6.07) is 19.5. The van der Waals surface area contributed by atoms with Crippen LogP contribution >= 0.6 is 0 Å². The Kier molecular flexibility index (Phi) is 8.28. The average molecular weight is 495 g/mol. The largest absolute Gasteiger partial charge is 0.484 e. The molecular formula is C28H28F2N2O4. The van der Waals surface area contributed by atoms with E-state index >= 15 is 0 Å². The molecule has 0 spiro atoms. The molecule has 1 aliphatic rings. The summed E-state index contributed by atoms with van der Waals surface area (Å²) < 4.78 is 32.7. The van der Waals surface area contributed by atoms with Gasteiger partial charge in [0.15, 0.2) is 6.61 Å². The van der Waals surface area contributed by atoms with Crippen LogP contribution in [0.1, 0.15) is 29.2 Å². The third-order valence-corrected chi connectivity index (χ3v) is 6.32. The molecule has 6 nitrogen and oxygen atoms in total. The number of hydrogen-bond acceptors (Lipinski definition) is 4. The molecule has 1 amide bonds. The topological polar surface area (TPSA) is 70.1 Å². The smallest absolute Gasteiger partial charge is 0.303 e. The molecule has 0 bridgehead atoms. The maximum Gasteiger partial charge on any atom is 0.303 e. The Morgan fingerprint density at radius 2 is 1.33 bits per heavy atom. The number of benzene rings is 3. The van der Waals surface area contributed by atoms with Crippen LogP contribution in [0.2, 0.25) is 0 Å². The Hall–Kier alpha value is -3.78. The minimum absolute atomic E-state index is 0.0633. The van der Waals surface area contributed by atoms with Crippen LogP contribution in [0.4, 0.5) is 8.78 Å². The lowest BCUT2D eigenvalue weighted by atomic mass is 9.96. The number of aryl methyl sites for hydroxylation is 1. The van der Waals surface area contributed by atoms with E-state index in [1.165, 1.54) is 24.3 Å². The van der Waals surface area contributed by atoms with E-state index in [0.29, 0.717) is 38.3 Å². The van der Waals surface area contributed by atoms with Crippen molar-refractivity contribution < 1.29 is 28.2 Å². The number of rotatable bonds is 9. The highest BCUT2D eigenvalue weighted by Gasteiger charge is 2.28. The Morgan fingerprint density at radius 3 is 1.83 bits per heavy atom. The van der Waals surface area contributed by atoms with Crippen molar-refractivity contribution in [1.82, 2.24) is 9.80 Å². The fraction of sp³-hybridized carbons (Fsp3) is 0.286. The minimum atomic E-state index is -0.845. The first-order valence-electron chi connectivity index (χ1n) is 11.9. The van der Waals surface area contributed by atoms with Gasteiger partial charge in [0.25, 0.3) is 5.91 Å². The Balaban J connectivity index is 1.34. The Bertz CT molecular complexity index is 1110. The van der Waals surface area contributed by atoms with E-state index in [4.69, 9.17) is 9.84 Å². The molecule has 0 radical (unpaired) electrons. The maximum atomic E-state index is 13.5. The van der Waals surface area contributed by atoms with Crippen LogP contribution in [0.3, 0.4) is 0 Å². The van der Waals surface area contributed by atoms with Crippen LogP contribution in [0.5, 0.6) is 5.75 Å². The van der Waals surface area contributed by atoms with E-state index in [1.54, 1.807) is 53.4 Å². The quantitative estimate of drug-likeness (QED) is 0.481. The summed E-state index contributed by atoms with van der Waals surface area (Å²) >= 11 is 0. The summed E-state index contributed by atoms with van der Waals surface area (Å²) in [5, 5.41) is 8.78. The maximum absolute atomic E-state index is 13.5. The van der Waals surface area contributed by atoms with Crippen LogP contribution in [0, 0.1) is 11.6 Å². The van der Waals surface area contributed by atoms with Crippen LogP contribution in [-0.4, -0.2) is 59.6 Å². The van der Waals surface area contributed by atoms with Crippen LogP contribution in [-0.2, 0) is 16.0 Å². The lowest BCUT2D eigenvalue weighted by Gasteiger charge is -2.39. The number of carboxylic acid groups (broad SMARTS) is 1. The molecule has 188 valence electrons. The van der Waals surface area contributed by atoms with Gasteiger partial charge in [0.05, 0.1) is 6.04 Å². The first-order valence-corrected chi connectivity index (χ1v) is 11.9. The van der Waals surface area contributed by atoms with Gasteiger partial charge in [0.1, 0.15) is 17.4 Å². The van der Waals surface area contributed by atoms with Gasteiger partial charge in [-0.3, -0.25) is 14.5 Å². The van der Waals surface area contributed by atoms with Crippen LogP contribution in [0.15, 0.2) is 72.8 Å². The van der Waals surface area contributed by atoms with Crippen LogP contribution < -0.4 is 4.74 Å². The fourth-order valence-corrected chi connectivity index (χ4v) is 4.37. The first-order chi connectivity index (χ1) is 17.4. The number of hydrogen-bond donors (Lipinski definition) is 1. The second-order valence-corrected chi connectivity index (χ2v) is 8.75. The van der Waals surface area contributed by atoms with Gasteiger partial charge < -0.3 is 14.7 Å². The number of aliphatic carboxylic acids is 1. The lowest BCUT2D eigenvalue weighted by molar-refractivity contribution is -0.137. The van der Waals surface area contributed by atoms with E-state index in [-0.39, 0.29) is 36.6 Å². The zero-order chi connectivity index (χ0) is 25.5. The second-order valence-electron chi connectivity index (χ2n) is 8.75. The minimum Gasteiger partial charge on any atom is -0.484 e. The molecule has 1 saturated heterocycles. The molecule has 0 saturated carbocycles. The van der Waals surface area contributed by atoms with Gasteiger partial charge in [-0.05, 0) is 59.5 Å². The molecule has 8 heteroatoms. The Labute approximate surface area is 208 Å². The monoisotopic (exact) mass is 494 g/mol. The van der Waals surface area contributed by atoms with Crippen molar-refractivity contribution in [3.8, 4) is 5.75 Å². The summed E-state index contributed by atoms with van der Waals surface area (Å²) in [5.41, 5.74) is 2.69. The molecule has 0 atom stereocenters. The molecule has 0 unspecified atom stereocenters. The molecule has 0 aliphatic carbocycles. The standard InChI is InChI=1S/C28H28F2N2O4/c29-23-8-4-21(5-9-23)28(22-6-10-24(30)11-7-22)32-17-15-31(16-18-32)26(33)19-36-25-12-1-20(2-13-25)3-14-27(34)35/h1-2,4-13,28H,3,14-19H2,(H,34,35). The zero-order valence-corrected chi connectivity index (χ0v) is 19.8. The predicted octanol–water partition coefficient (Wildman–Crippen LogP) is 4.29. The summed E-state index contributed by atoms with van der Waals surface area (Å²) in [4.78, 5) is 27.4. The van der Waals surface area contributed by atoms with Gasteiger partial charge in [0, 0.05) is 32.6 Å². The molecule has 0 aromatic heterocycles. The number of carbonyl (C=O) groups excluding carboxylic acids is 1. The molecular weight excluding hydrogens is 466 g/mol. The van der Waals surface area contributed by atoms with Crippen molar-refractivity contribution in [2.24, 2.45) is 0 Å². The highest BCUT2D eigenvalue weighted by atomic mass is 19.1. The second kappa shape index (κ2) is 11.8. The highest BCUT2D eigenvalue weighted by molar-refractivity contribution is 5.78. The average Bonchev–Trinajstić information content (AvgIpc) is 2.89. The SMILES string of the molecule is O=C(O)CCc1ccc(OCC(=O)N2CCN(C(c3ccc(F)cc3)c3ccc(F)cc3)CC2)cc1. The van der Waals surface area contributed by atoms with Gasteiger partial charge >= 0.3 is 5.97 Å². The number of nitrogens with zero attached hydrogens (tertiary/aromatic N) is 2. The lowest BCUT2D eigenvalue weighted by Crippen LogP contribution is -2.51. The number of carboxylic acids is 1. The van der Waals surface area contributed by atoms with E-state index < -0.39 is 5.97 Å². The molecule has 1 N–H and O–H groups in total. The first kappa shape index (κ1) is 25.3.